The van der Waals surface area contributed by atoms with E-state index in [9.17, 15) is 9.90 Å². The molecule has 4 heteroatoms. The summed E-state index contributed by atoms with van der Waals surface area (Å²) in [6, 6.07) is 12.6. The van der Waals surface area contributed by atoms with E-state index < -0.39 is 5.60 Å². The second kappa shape index (κ2) is 9.08. The number of nitrogens with zero attached hydrogens (tertiary/aromatic N) is 1. The van der Waals surface area contributed by atoms with E-state index >= 15 is 0 Å². The molecule has 0 unspecified atom stereocenters. The van der Waals surface area contributed by atoms with Gasteiger partial charge >= 0.3 is 0 Å². The van der Waals surface area contributed by atoms with E-state index in [0.717, 1.165) is 24.0 Å². The predicted molar refractivity (Wildman–Crippen MR) is 115 cm³/mol. The highest BCUT2D eigenvalue weighted by atomic mass is 16.3. The third kappa shape index (κ3) is 5.05. The van der Waals surface area contributed by atoms with Gasteiger partial charge in [0.2, 0.25) is 5.91 Å². The smallest absolute Gasteiger partial charge is 0.224 e. The van der Waals surface area contributed by atoms with Gasteiger partial charge in [0.25, 0.3) is 0 Å². The molecule has 0 bridgehead atoms. The third-order valence-electron chi connectivity index (χ3n) is 6.80. The Morgan fingerprint density at radius 2 is 1.76 bits per heavy atom. The number of aromatic nitrogens is 1. The van der Waals surface area contributed by atoms with E-state index in [1.54, 1.807) is 12.4 Å². The number of rotatable bonds is 5. The first-order valence-corrected chi connectivity index (χ1v) is 11.1. The molecule has 2 aliphatic rings. The average molecular weight is 393 g/mol. The first kappa shape index (κ1) is 20.1. The van der Waals surface area contributed by atoms with Crippen LogP contribution in [0.25, 0.3) is 0 Å². The summed E-state index contributed by atoms with van der Waals surface area (Å²) in [6.45, 7) is 0. The summed E-state index contributed by atoms with van der Waals surface area (Å²) in [6.07, 6.45) is 13.4. The lowest BCUT2D eigenvalue weighted by molar-refractivity contribution is -0.122. The molecule has 2 aliphatic carbocycles. The van der Waals surface area contributed by atoms with E-state index in [1.807, 2.05) is 12.1 Å². The highest BCUT2D eigenvalue weighted by Gasteiger charge is 2.35. The lowest BCUT2D eigenvalue weighted by Crippen LogP contribution is -2.42. The summed E-state index contributed by atoms with van der Waals surface area (Å²) in [4.78, 5) is 16.6. The van der Waals surface area contributed by atoms with E-state index in [-0.39, 0.29) is 11.9 Å². The maximum Gasteiger partial charge on any atom is 0.224 e. The minimum absolute atomic E-state index is 0.0761. The van der Waals surface area contributed by atoms with Crippen LogP contribution in [0.3, 0.4) is 0 Å². The van der Waals surface area contributed by atoms with E-state index in [1.165, 1.54) is 37.7 Å². The summed E-state index contributed by atoms with van der Waals surface area (Å²) < 4.78 is 0. The highest BCUT2D eigenvalue weighted by molar-refractivity contribution is 5.78. The molecule has 0 atom stereocenters. The zero-order chi connectivity index (χ0) is 20.1. The molecule has 4 nitrogen and oxygen atoms in total. The highest BCUT2D eigenvalue weighted by Crippen LogP contribution is 2.36. The minimum Gasteiger partial charge on any atom is -0.385 e. The van der Waals surface area contributed by atoms with Crippen molar-refractivity contribution in [2.75, 3.05) is 0 Å². The van der Waals surface area contributed by atoms with Crippen molar-refractivity contribution < 1.29 is 9.90 Å². The van der Waals surface area contributed by atoms with Gasteiger partial charge in [-0.2, -0.15) is 0 Å². The maximum atomic E-state index is 12.5. The number of amides is 1. The van der Waals surface area contributed by atoms with Crippen molar-refractivity contribution in [2.24, 2.45) is 0 Å². The third-order valence-corrected chi connectivity index (χ3v) is 6.80. The molecule has 1 heterocycles. The molecular weight excluding hydrogens is 360 g/mol. The number of benzene rings is 1. The molecule has 1 amide bonds. The summed E-state index contributed by atoms with van der Waals surface area (Å²) >= 11 is 0. The molecule has 2 saturated carbocycles. The largest absolute Gasteiger partial charge is 0.385 e. The Morgan fingerprint density at radius 3 is 2.41 bits per heavy atom. The fourth-order valence-electron chi connectivity index (χ4n) is 4.97. The van der Waals surface area contributed by atoms with Gasteiger partial charge in [-0.3, -0.25) is 9.78 Å². The van der Waals surface area contributed by atoms with Crippen LogP contribution in [-0.2, 0) is 16.8 Å². The summed E-state index contributed by atoms with van der Waals surface area (Å²) in [5.74, 6) is 0.777. The van der Waals surface area contributed by atoms with E-state index in [0.29, 0.717) is 25.2 Å². The normalized spacial score (nSPS) is 25.5. The molecule has 2 N–H and O–H groups in total. The zero-order valence-electron chi connectivity index (χ0n) is 17.1. The fraction of sp³-hybridized carbons (Fsp3) is 0.520. The van der Waals surface area contributed by atoms with Crippen molar-refractivity contribution in [1.29, 1.82) is 0 Å². The minimum atomic E-state index is -0.815. The quantitative estimate of drug-likeness (QED) is 0.780. The number of hydrogen-bond acceptors (Lipinski definition) is 3. The Kier molecular flexibility index (Phi) is 6.29. The van der Waals surface area contributed by atoms with Gasteiger partial charge in [-0.05, 0) is 61.6 Å². The standard InChI is InChI=1S/C25H32N2O2/c28-24(17-19-8-10-21(11-9-19)20-5-2-1-3-6-20)27-23-12-14-25(29,15-13-23)22-7-4-16-26-18-22/h4,7-11,16,18,20,23,29H,1-3,5-6,12-15,17H2,(H,27,28). The summed E-state index contributed by atoms with van der Waals surface area (Å²) in [5, 5.41) is 14.1. The zero-order valence-corrected chi connectivity index (χ0v) is 17.1. The van der Waals surface area contributed by atoms with Crippen LogP contribution in [0.15, 0.2) is 48.8 Å². The summed E-state index contributed by atoms with van der Waals surface area (Å²) in [5.41, 5.74) is 2.56. The van der Waals surface area contributed by atoms with Crippen molar-refractivity contribution in [3.63, 3.8) is 0 Å². The molecule has 2 fully saturated rings. The lowest BCUT2D eigenvalue weighted by Gasteiger charge is -2.36. The first-order valence-electron chi connectivity index (χ1n) is 11.1. The number of carbonyl (C=O) groups is 1. The average Bonchev–Trinajstić information content (AvgIpc) is 2.77. The second-order valence-corrected chi connectivity index (χ2v) is 8.87. The first-order chi connectivity index (χ1) is 14.1. The molecular formula is C25H32N2O2. The number of nitrogens with one attached hydrogen (secondary N) is 1. The second-order valence-electron chi connectivity index (χ2n) is 8.87. The van der Waals surface area contributed by atoms with Crippen molar-refractivity contribution in [3.8, 4) is 0 Å². The van der Waals surface area contributed by atoms with Crippen LogP contribution < -0.4 is 5.32 Å². The van der Waals surface area contributed by atoms with Crippen LogP contribution >= 0.6 is 0 Å². The van der Waals surface area contributed by atoms with E-state index in [2.05, 4.69) is 34.6 Å². The monoisotopic (exact) mass is 392 g/mol. The van der Waals surface area contributed by atoms with Gasteiger partial charge in [0.05, 0.1) is 12.0 Å². The van der Waals surface area contributed by atoms with Crippen molar-refractivity contribution in [2.45, 2.75) is 81.8 Å². The molecule has 1 aromatic heterocycles. The molecule has 0 aliphatic heterocycles. The lowest BCUT2D eigenvalue weighted by atomic mass is 9.78. The Bertz CT molecular complexity index is 789. The number of hydrogen-bond donors (Lipinski definition) is 2. The van der Waals surface area contributed by atoms with Crippen LogP contribution in [0.1, 0.15) is 80.4 Å². The van der Waals surface area contributed by atoms with Gasteiger partial charge in [-0.15, -0.1) is 0 Å². The van der Waals surface area contributed by atoms with Crippen LogP contribution in [0.5, 0.6) is 0 Å². The molecule has 154 valence electrons. The Hall–Kier alpha value is -2.20. The van der Waals surface area contributed by atoms with Gasteiger partial charge in [0.1, 0.15) is 0 Å². The van der Waals surface area contributed by atoms with Gasteiger partial charge in [-0.25, -0.2) is 0 Å². The van der Waals surface area contributed by atoms with E-state index in [4.69, 9.17) is 0 Å². The van der Waals surface area contributed by atoms with Crippen LogP contribution in [-0.4, -0.2) is 22.0 Å². The SMILES string of the molecule is O=C(Cc1ccc(C2CCCCC2)cc1)NC1CCC(O)(c2cccnc2)CC1. The molecule has 0 radical (unpaired) electrons. The number of pyridine rings is 1. The van der Waals surface area contributed by atoms with Crippen molar-refractivity contribution >= 4 is 5.91 Å². The van der Waals surface area contributed by atoms with Crippen molar-refractivity contribution in [1.82, 2.24) is 10.3 Å². The van der Waals surface area contributed by atoms with Crippen LogP contribution in [0.2, 0.25) is 0 Å². The molecule has 0 spiro atoms. The predicted octanol–water partition coefficient (Wildman–Crippen LogP) is 4.62. The molecule has 4 rings (SSSR count). The number of carbonyl (C=O) groups excluding carboxylic acids is 1. The van der Waals surface area contributed by atoms with Crippen LogP contribution in [0.4, 0.5) is 0 Å². The Morgan fingerprint density at radius 1 is 1.03 bits per heavy atom. The van der Waals surface area contributed by atoms with Crippen molar-refractivity contribution in [3.05, 3.63) is 65.5 Å². The molecule has 29 heavy (non-hydrogen) atoms. The molecule has 2 aromatic rings. The molecule has 0 saturated heterocycles. The fourth-order valence-corrected chi connectivity index (χ4v) is 4.97. The maximum absolute atomic E-state index is 12.5. The van der Waals surface area contributed by atoms with Crippen LogP contribution in [0, 0.1) is 0 Å². The van der Waals surface area contributed by atoms with Gasteiger partial charge < -0.3 is 10.4 Å². The molecule has 1 aromatic carbocycles. The van der Waals surface area contributed by atoms with Gasteiger partial charge in [0.15, 0.2) is 0 Å². The Balaban J connectivity index is 1.26. The van der Waals surface area contributed by atoms with Gasteiger partial charge in [0, 0.05) is 24.0 Å². The van der Waals surface area contributed by atoms with Gasteiger partial charge in [-0.1, -0.05) is 49.6 Å². The number of aliphatic hydroxyl groups is 1. The summed E-state index contributed by atoms with van der Waals surface area (Å²) in [7, 11) is 0. The Labute approximate surface area is 173 Å². The topological polar surface area (TPSA) is 62.2 Å².